The third kappa shape index (κ3) is 3.02. The van der Waals surface area contributed by atoms with E-state index in [-0.39, 0.29) is 7.92 Å². The molecule has 0 radical (unpaired) electrons. The van der Waals surface area contributed by atoms with Crippen LogP contribution in [-0.4, -0.2) is 23.8 Å². The van der Waals surface area contributed by atoms with Crippen molar-refractivity contribution in [3.05, 3.63) is 0 Å². The molecule has 0 aromatic rings. The van der Waals surface area contributed by atoms with E-state index in [1.54, 1.807) is 0 Å². The largest absolute Gasteiger partial charge is 0.386 e. The predicted molar refractivity (Wildman–Crippen MR) is 35.1 cm³/mol. The molecule has 0 heterocycles. The van der Waals surface area contributed by atoms with E-state index in [1.807, 2.05) is 13.8 Å². The molecule has 44 valence electrons. The molecule has 1 nitrogen and oxygen atoms in total. The van der Waals surface area contributed by atoms with Gasteiger partial charge in [-0.05, 0) is 27.2 Å². The van der Waals surface area contributed by atoms with Gasteiger partial charge in [-0.2, -0.15) is 0 Å². The quantitative estimate of drug-likeness (QED) is 0.519. The summed E-state index contributed by atoms with van der Waals surface area (Å²) in [5.74, 6) is 0. The Balaban J connectivity index is 3.54. The van der Waals surface area contributed by atoms with Crippen LogP contribution in [0, 0.1) is 0 Å². The highest BCUT2D eigenvalue weighted by molar-refractivity contribution is 7.57. The summed E-state index contributed by atoms with van der Waals surface area (Å²) < 4.78 is 0. The Morgan fingerprint density at radius 1 is 1.29 bits per heavy atom. The molecule has 0 spiro atoms. The second-order valence-corrected chi connectivity index (χ2v) is 5.27. The van der Waals surface area contributed by atoms with E-state index in [0.717, 1.165) is 0 Å². The first-order valence-electron chi connectivity index (χ1n) is 2.34. The van der Waals surface area contributed by atoms with Gasteiger partial charge in [0.15, 0.2) is 0 Å². The summed E-state index contributed by atoms with van der Waals surface area (Å²) in [6.45, 7) is 7.82. The molecule has 0 amide bonds. The second-order valence-electron chi connectivity index (χ2n) is 2.39. The van der Waals surface area contributed by atoms with E-state index in [0.29, 0.717) is 0 Å². The first-order chi connectivity index (χ1) is 2.94. The lowest BCUT2D eigenvalue weighted by Gasteiger charge is -2.21. The lowest BCUT2D eigenvalue weighted by Crippen LogP contribution is -2.13. The molecule has 2 heteroatoms. The molecular weight excluding hydrogens is 107 g/mol. The van der Waals surface area contributed by atoms with Gasteiger partial charge in [-0.3, -0.25) is 0 Å². The molecule has 1 N–H and O–H groups in total. The first-order valence-corrected chi connectivity index (χ1v) is 4.58. The van der Waals surface area contributed by atoms with Gasteiger partial charge in [-0.1, -0.05) is 7.92 Å². The average Bonchev–Trinajstić information content (AvgIpc) is 1.31. The van der Waals surface area contributed by atoms with Gasteiger partial charge >= 0.3 is 0 Å². The van der Waals surface area contributed by atoms with Crippen LogP contribution in [0.2, 0.25) is 0 Å². The third-order valence-corrected chi connectivity index (χ3v) is 3.28. The van der Waals surface area contributed by atoms with Crippen molar-refractivity contribution >= 4 is 7.92 Å². The molecule has 0 saturated heterocycles. The maximum atomic E-state index is 9.12. The number of rotatable bonds is 1. The third-order valence-electron chi connectivity index (χ3n) is 1.09. The van der Waals surface area contributed by atoms with E-state index in [4.69, 9.17) is 5.11 Å². The van der Waals surface area contributed by atoms with Crippen LogP contribution in [-0.2, 0) is 0 Å². The summed E-state index contributed by atoms with van der Waals surface area (Å²) in [6, 6.07) is 0. The van der Waals surface area contributed by atoms with Crippen LogP contribution in [0.1, 0.15) is 13.8 Å². The van der Waals surface area contributed by atoms with Crippen LogP contribution in [0.3, 0.4) is 0 Å². The normalized spacial score (nSPS) is 12.9. The minimum Gasteiger partial charge on any atom is -0.386 e. The van der Waals surface area contributed by atoms with Gasteiger partial charge in [-0.25, -0.2) is 0 Å². The van der Waals surface area contributed by atoms with Gasteiger partial charge in [0.2, 0.25) is 0 Å². The number of hydrogen-bond acceptors (Lipinski definition) is 1. The zero-order valence-corrected chi connectivity index (χ0v) is 6.29. The summed E-state index contributed by atoms with van der Waals surface area (Å²) in [7, 11) is -0.186. The predicted octanol–water partition coefficient (Wildman–Crippen LogP) is 1.46. The fourth-order valence-corrected chi connectivity index (χ4v) is 0. The fourth-order valence-electron chi connectivity index (χ4n) is 0. The van der Waals surface area contributed by atoms with Gasteiger partial charge < -0.3 is 5.11 Å². The molecule has 7 heavy (non-hydrogen) atoms. The highest BCUT2D eigenvalue weighted by Crippen LogP contribution is 2.39. The zero-order valence-electron chi connectivity index (χ0n) is 5.39. The topological polar surface area (TPSA) is 20.2 Å². The Morgan fingerprint density at radius 3 is 1.43 bits per heavy atom. The van der Waals surface area contributed by atoms with Crippen molar-refractivity contribution in [3.8, 4) is 0 Å². The molecule has 0 aliphatic rings. The van der Waals surface area contributed by atoms with Crippen molar-refractivity contribution in [3.63, 3.8) is 0 Å². The molecule has 0 aliphatic heterocycles. The van der Waals surface area contributed by atoms with Crippen molar-refractivity contribution in [1.29, 1.82) is 0 Å². The lowest BCUT2D eigenvalue weighted by atomic mass is 10.5. The lowest BCUT2D eigenvalue weighted by molar-refractivity contribution is 0.173. The fraction of sp³-hybridized carbons (Fsp3) is 1.00. The molecule has 0 unspecified atom stereocenters. The molecule has 0 fully saturated rings. The number of aliphatic hydroxyl groups is 1. The van der Waals surface area contributed by atoms with Crippen LogP contribution in [0.5, 0.6) is 0 Å². The minimum absolute atomic E-state index is 0.186. The average molecular weight is 120 g/mol. The van der Waals surface area contributed by atoms with Crippen LogP contribution in [0.25, 0.3) is 0 Å². The Labute approximate surface area is 46.5 Å². The van der Waals surface area contributed by atoms with Crippen molar-refractivity contribution in [2.75, 3.05) is 13.3 Å². The highest BCUT2D eigenvalue weighted by Gasteiger charge is 2.15. The van der Waals surface area contributed by atoms with Gasteiger partial charge in [0.05, 0.1) is 5.34 Å². The molecular formula is C5H13OP. The molecule has 0 aromatic heterocycles. The van der Waals surface area contributed by atoms with E-state index in [9.17, 15) is 0 Å². The van der Waals surface area contributed by atoms with Crippen molar-refractivity contribution in [2.45, 2.75) is 19.2 Å². The summed E-state index contributed by atoms with van der Waals surface area (Å²) in [5.41, 5.74) is 0. The van der Waals surface area contributed by atoms with Gasteiger partial charge in [0.25, 0.3) is 0 Å². The molecule has 0 saturated carbocycles. The van der Waals surface area contributed by atoms with Crippen molar-refractivity contribution in [2.24, 2.45) is 0 Å². The van der Waals surface area contributed by atoms with Crippen molar-refractivity contribution < 1.29 is 5.11 Å². The summed E-state index contributed by atoms with van der Waals surface area (Å²) in [6.07, 6.45) is 0. The van der Waals surface area contributed by atoms with E-state index in [1.165, 1.54) is 0 Å². The van der Waals surface area contributed by atoms with Crippen LogP contribution in [0.15, 0.2) is 0 Å². The van der Waals surface area contributed by atoms with Gasteiger partial charge in [0, 0.05) is 0 Å². The molecule has 0 atom stereocenters. The second kappa shape index (κ2) is 2.11. The summed E-state index contributed by atoms with van der Waals surface area (Å²) in [4.78, 5) is 0. The molecule has 0 rings (SSSR count). The summed E-state index contributed by atoms with van der Waals surface area (Å²) in [5, 5.41) is 8.69. The summed E-state index contributed by atoms with van der Waals surface area (Å²) >= 11 is 0. The Bertz CT molecular complexity index is 53.6. The highest BCUT2D eigenvalue weighted by atomic mass is 31.1. The monoisotopic (exact) mass is 120 g/mol. The first kappa shape index (κ1) is 7.39. The van der Waals surface area contributed by atoms with E-state index >= 15 is 0 Å². The Morgan fingerprint density at radius 2 is 1.43 bits per heavy atom. The Kier molecular flexibility index (Phi) is 2.22. The van der Waals surface area contributed by atoms with Crippen molar-refractivity contribution in [1.82, 2.24) is 0 Å². The van der Waals surface area contributed by atoms with Crippen LogP contribution < -0.4 is 0 Å². The van der Waals surface area contributed by atoms with E-state index < -0.39 is 5.34 Å². The van der Waals surface area contributed by atoms with Gasteiger partial charge in [0.1, 0.15) is 0 Å². The van der Waals surface area contributed by atoms with E-state index in [2.05, 4.69) is 13.3 Å². The zero-order chi connectivity index (χ0) is 6.08. The maximum absolute atomic E-state index is 9.12. The van der Waals surface area contributed by atoms with Crippen LogP contribution in [0.4, 0.5) is 0 Å². The maximum Gasteiger partial charge on any atom is 0.0774 e. The molecule has 0 aromatic carbocycles. The smallest absolute Gasteiger partial charge is 0.0774 e. The van der Waals surface area contributed by atoms with Gasteiger partial charge in [-0.15, -0.1) is 0 Å². The standard InChI is InChI=1S/C5H13OP/c1-5(2,6)7(3)4/h6H,1-4H3. The Hall–Kier alpha value is 0.390. The minimum atomic E-state index is -0.435. The SMILES string of the molecule is CP(C)C(C)(C)O. The van der Waals surface area contributed by atoms with Crippen LogP contribution >= 0.6 is 7.92 Å². The molecule has 0 aliphatic carbocycles. The number of hydrogen-bond donors (Lipinski definition) is 1. The molecule has 0 bridgehead atoms.